The molecule has 0 spiro atoms. The average Bonchev–Trinajstić information content (AvgIpc) is 3.38. The first-order valence-corrected chi connectivity index (χ1v) is 9.66. The zero-order valence-corrected chi connectivity index (χ0v) is 16.7. The second kappa shape index (κ2) is 9.49. The Hall–Kier alpha value is -2.26. The summed E-state index contributed by atoms with van der Waals surface area (Å²) in [6.07, 6.45) is 0.513. The molecule has 2 unspecified atom stereocenters. The zero-order valence-electron chi connectivity index (χ0n) is 15.2. The lowest BCUT2D eigenvalue weighted by Gasteiger charge is -2.12. The molecule has 1 saturated carbocycles. The average molecular weight is 441 g/mol. The fourth-order valence-electron chi connectivity index (χ4n) is 2.68. The number of alkyl halides is 1. The van der Waals surface area contributed by atoms with E-state index >= 15 is 0 Å². The van der Waals surface area contributed by atoms with E-state index in [9.17, 15) is 14.0 Å². The Labute approximate surface area is 176 Å². The van der Waals surface area contributed by atoms with Crippen molar-refractivity contribution in [2.45, 2.75) is 19.1 Å². The molecule has 7 nitrogen and oxygen atoms in total. The highest BCUT2D eigenvalue weighted by Crippen LogP contribution is 2.34. The highest BCUT2D eigenvalue weighted by atomic mass is 35.5. The van der Waals surface area contributed by atoms with Crippen molar-refractivity contribution in [3.63, 3.8) is 0 Å². The van der Waals surface area contributed by atoms with Gasteiger partial charge in [0.25, 0.3) is 5.91 Å². The maximum atomic E-state index is 13.0. The Morgan fingerprint density at radius 3 is 2.52 bits per heavy atom. The maximum Gasteiger partial charge on any atom is 0.258 e. The largest absolute Gasteiger partial charge is 0.395 e. The summed E-state index contributed by atoms with van der Waals surface area (Å²) in [5.41, 5.74) is 1.25. The van der Waals surface area contributed by atoms with E-state index in [1.807, 2.05) is 0 Å². The van der Waals surface area contributed by atoms with Crippen molar-refractivity contribution < 1.29 is 19.1 Å². The molecule has 1 aromatic carbocycles. The number of aromatic nitrogens is 1. The summed E-state index contributed by atoms with van der Waals surface area (Å²) in [5.74, 6) is -1.40. The van der Waals surface area contributed by atoms with E-state index in [-0.39, 0.29) is 34.5 Å². The molecule has 2 amide bonds. The van der Waals surface area contributed by atoms with Crippen LogP contribution in [0.4, 0.5) is 15.9 Å². The smallest absolute Gasteiger partial charge is 0.258 e. The van der Waals surface area contributed by atoms with E-state index in [2.05, 4.69) is 20.9 Å². The number of nitrogens with zero attached hydrogens (tertiary/aromatic N) is 1. The van der Waals surface area contributed by atoms with E-state index < -0.39 is 23.9 Å². The molecule has 1 aliphatic rings. The minimum Gasteiger partial charge on any atom is -0.395 e. The lowest BCUT2D eigenvalue weighted by atomic mass is 10.1. The van der Waals surface area contributed by atoms with E-state index in [0.29, 0.717) is 18.8 Å². The number of carbonyl (C=O) groups excluding carboxylic acids is 2. The molecule has 29 heavy (non-hydrogen) atoms. The van der Waals surface area contributed by atoms with Crippen LogP contribution in [0.15, 0.2) is 30.5 Å². The van der Waals surface area contributed by atoms with E-state index in [0.717, 1.165) is 5.56 Å². The van der Waals surface area contributed by atoms with Crippen LogP contribution in [0.2, 0.25) is 10.0 Å². The number of hydrogen-bond donors (Lipinski definition) is 4. The van der Waals surface area contributed by atoms with Gasteiger partial charge in [0.2, 0.25) is 5.91 Å². The third kappa shape index (κ3) is 5.63. The van der Waals surface area contributed by atoms with Gasteiger partial charge in [-0.05, 0) is 30.2 Å². The molecule has 1 fully saturated rings. The molecule has 0 aliphatic heterocycles. The molecule has 0 radical (unpaired) electrons. The van der Waals surface area contributed by atoms with Crippen molar-refractivity contribution in [1.82, 2.24) is 10.3 Å². The number of aliphatic hydroxyl groups excluding tert-OH is 1. The number of carbonyl (C=O) groups is 2. The van der Waals surface area contributed by atoms with Gasteiger partial charge in [0.15, 0.2) is 0 Å². The predicted molar refractivity (Wildman–Crippen MR) is 109 cm³/mol. The second-order valence-electron chi connectivity index (χ2n) is 6.57. The van der Waals surface area contributed by atoms with Gasteiger partial charge in [0, 0.05) is 31.0 Å². The van der Waals surface area contributed by atoms with Crippen LogP contribution >= 0.6 is 23.2 Å². The number of hydrogen-bond acceptors (Lipinski definition) is 5. The summed E-state index contributed by atoms with van der Waals surface area (Å²) in [6, 6.07) is 6.24. The van der Waals surface area contributed by atoms with Crippen molar-refractivity contribution in [1.29, 1.82) is 0 Å². The Balaban J connectivity index is 1.68. The quantitative estimate of drug-likeness (QED) is 0.472. The molecule has 2 atom stereocenters. The van der Waals surface area contributed by atoms with E-state index in [1.165, 1.54) is 18.3 Å². The second-order valence-corrected chi connectivity index (χ2v) is 7.38. The number of nitrogens with one attached hydrogen (secondary N) is 3. The van der Waals surface area contributed by atoms with Crippen LogP contribution in [0.1, 0.15) is 22.3 Å². The van der Waals surface area contributed by atoms with Gasteiger partial charge in [-0.15, -0.1) is 0 Å². The van der Waals surface area contributed by atoms with Crippen LogP contribution in [0.3, 0.4) is 0 Å². The standard InChI is InChI=1S/C19H19Cl2FN4O3/c20-13-5-10(9-23-3-4-27)6-14(21)17(13)19(29)25-11-1-2-24-16(7-11)26-18(28)12-8-15(12)22/h1-2,5-7,12,15,23,27H,3-4,8-9H2,(H2,24,25,26,28,29). The molecule has 1 aromatic heterocycles. The SMILES string of the molecule is O=C(Nc1ccnc(NC(=O)C2CC2F)c1)c1c(Cl)cc(CNCCO)cc1Cl. The highest BCUT2D eigenvalue weighted by Gasteiger charge is 2.43. The molecule has 0 bridgehead atoms. The Kier molecular flexibility index (Phi) is 7.02. The summed E-state index contributed by atoms with van der Waals surface area (Å²) < 4.78 is 13.0. The minimum absolute atomic E-state index is 0.00530. The third-order valence-electron chi connectivity index (χ3n) is 4.27. The number of pyridine rings is 1. The van der Waals surface area contributed by atoms with Crippen LogP contribution in [0, 0.1) is 5.92 Å². The first-order valence-electron chi connectivity index (χ1n) is 8.91. The first-order chi connectivity index (χ1) is 13.9. The molecule has 1 heterocycles. The molecule has 154 valence electrons. The van der Waals surface area contributed by atoms with Gasteiger partial charge >= 0.3 is 0 Å². The van der Waals surface area contributed by atoms with E-state index in [4.69, 9.17) is 28.3 Å². The van der Waals surface area contributed by atoms with Crippen molar-refractivity contribution >= 4 is 46.5 Å². The number of aliphatic hydroxyl groups is 1. The molecule has 0 saturated heterocycles. The third-order valence-corrected chi connectivity index (χ3v) is 4.86. The fourth-order valence-corrected chi connectivity index (χ4v) is 3.38. The van der Waals surface area contributed by atoms with Crippen LogP contribution in [-0.2, 0) is 11.3 Å². The molecule has 4 N–H and O–H groups in total. The van der Waals surface area contributed by atoms with Gasteiger partial charge in [0.05, 0.1) is 28.1 Å². The number of halogens is 3. The Morgan fingerprint density at radius 1 is 1.21 bits per heavy atom. The van der Waals surface area contributed by atoms with Crippen molar-refractivity contribution in [3.05, 3.63) is 51.6 Å². The summed E-state index contributed by atoms with van der Waals surface area (Å²) in [5, 5.41) is 17.4. The van der Waals surface area contributed by atoms with Gasteiger partial charge in [-0.1, -0.05) is 23.2 Å². The molecule has 1 aliphatic carbocycles. The molecular formula is C19H19Cl2FN4O3. The Bertz CT molecular complexity index is 905. The lowest BCUT2D eigenvalue weighted by Crippen LogP contribution is -2.18. The van der Waals surface area contributed by atoms with Crippen LogP contribution < -0.4 is 16.0 Å². The molecule has 10 heteroatoms. The van der Waals surface area contributed by atoms with E-state index in [1.54, 1.807) is 12.1 Å². The predicted octanol–water partition coefficient (Wildman–Crippen LogP) is 3.02. The van der Waals surface area contributed by atoms with Crippen LogP contribution in [0.25, 0.3) is 0 Å². The summed E-state index contributed by atoms with van der Waals surface area (Å²) in [6.45, 7) is 0.868. The highest BCUT2D eigenvalue weighted by molar-refractivity contribution is 6.40. The summed E-state index contributed by atoms with van der Waals surface area (Å²) in [4.78, 5) is 28.5. The molecular weight excluding hydrogens is 422 g/mol. The van der Waals surface area contributed by atoms with Crippen molar-refractivity contribution in [2.75, 3.05) is 23.8 Å². The van der Waals surface area contributed by atoms with Gasteiger partial charge in [-0.25, -0.2) is 9.37 Å². The fraction of sp³-hybridized carbons (Fsp3) is 0.316. The van der Waals surface area contributed by atoms with Crippen molar-refractivity contribution in [2.24, 2.45) is 5.92 Å². The van der Waals surface area contributed by atoms with Gasteiger partial charge in [0.1, 0.15) is 12.0 Å². The molecule has 2 aromatic rings. The summed E-state index contributed by atoms with van der Waals surface area (Å²) >= 11 is 12.5. The summed E-state index contributed by atoms with van der Waals surface area (Å²) in [7, 11) is 0. The normalized spacial score (nSPS) is 17.7. The monoisotopic (exact) mass is 440 g/mol. The van der Waals surface area contributed by atoms with Gasteiger partial charge in [-0.2, -0.15) is 0 Å². The minimum atomic E-state index is -1.11. The van der Waals surface area contributed by atoms with Gasteiger partial charge in [-0.3, -0.25) is 9.59 Å². The maximum absolute atomic E-state index is 13.0. The van der Waals surface area contributed by atoms with Gasteiger partial charge < -0.3 is 21.1 Å². The topological polar surface area (TPSA) is 103 Å². The number of rotatable bonds is 8. The number of benzene rings is 1. The van der Waals surface area contributed by atoms with Crippen molar-refractivity contribution in [3.8, 4) is 0 Å². The number of amides is 2. The zero-order chi connectivity index (χ0) is 21.0. The number of anilines is 2. The Morgan fingerprint density at radius 2 is 1.90 bits per heavy atom. The van der Waals surface area contributed by atoms with Crippen LogP contribution in [-0.4, -0.2) is 41.2 Å². The van der Waals surface area contributed by atoms with Crippen LogP contribution in [0.5, 0.6) is 0 Å². The first kappa shape index (κ1) is 21.4. The molecule has 3 rings (SSSR count). The lowest BCUT2D eigenvalue weighted by molar-refractivity contribution is -0.117.